The number of aromatic nitrogens is 2. The highest BCUT2D eigenvalue weighted by molar-refractivity contribution is 9.10. The zero-order valence-electron chi connectivity index (χ0n) is 9.18. The molecule has 0 bridgehead atoms. The summed E-state index contributed by atoms with van der Waals surface area (Å²) >= 11 is 3.34. The summed E-state index contributed by atoms with van der Waals surface area (Å²) in [6.07, 6.45) is 0. The number of benzene rings is 1. The number of hydrogen-bond donors (Lipinski definition) is 0. The molecule has 0 saturated carbocycles. The molecule has 0 amide bonds. The summed E-state index contributed by atoms with van der Waals surface area (Å²) in [5, 5.41) is 8.27. The van der Waals surface area contributed by atoms with Gasteiger partial charge in [-0.25, -0.2) is 0 Å². The minimum Gasteiger partial charge on any atom is -0.376 e. The van der Waals surface area contributed by atoms with Gasteiger partial charge in [0.1, 0.15) is 10.3 Å². The first-order valence-electron chi connectivity index (χ1n) is 4.94. The molecule has 0 N–H and O–H groups in total. The van der Waals surface area contributed by atoms with Gasteiger partial charge in [-0.05, 0) is 22.0 Å². The Morgan fingerprint density at radius 1 is 1.06 bits per heavy atom. The van der Waals surface area contributed by atoms with Gasteiger partial charge in [-0.1, -0.05) is 30.3 Å². The van der Waals surface area contributed by atoms with Crippen molar-refractivity contribution in [2.75, 3.05) is 19.0 Å². The van der Waals surface area contributed by atoms with Crippen LogP contribution in [0.5, 0.6) is 0 Å². The summed E-state index contributed by atoms with van der Waals surface area (Å²) < 4.78 is 0.746. The topological polar surface area (TPSA) is 29.0 Å². The van der Waals surface area contributed by atoms with Crippen molar-refractivity contribution in [1.82, 2.24) is 10.2 Å². The maximum atomic E-state index is 4.23. The molecule has 2 rings (SSSR count). The van der Waals surface area contributed by atoms with Gasteiger partial charge in [0.05, 0.1) is 5.69 Å². The lowest BCUT2D eigenvalue weighted by Crippen LogP contribution is -2.11. The monoisotopic (exact) mass is 277 g/mol. The average molecular weight is 278 g/mol. The second kappa shape index (κ2) is 4.61. The number of anilines is 1. The van der Waals surface area contributed by atoms with Crippen LogP contribution in [0, 0.1) is 0 Å². The lowest BCUT2D eigenvalue weighted by atomic mass is 10.1. The quantitative estimate of drug-likeness (QED) is 0.845. The Morgan fingerprint density at radius 3 is 2.38 bits per heavy atom. The zero-order chi connectivity index (χ0) is 11.5. The molecule has 1 aromatic carbocycles. The van der Waals surface area contributed by atoms with Gasteiger partial charge < -0.3 is 4.90 Å². The Labute approximate surface area is 103 Å². The van der Waals surface area contributed by atoms with Crippen LogP contribution in [-0.2, 0) is 0 Å². The second-order valence-corrected chi connectivity index (χ2v) is 4.47. The molecule has 16 heavy (non-hydrogen) atoms. The highest BCUT2D eigenvalue weighted by atomic mass is 79.9. The number of halogens is 1. The van der Waals surface area contributed by atoms with Crippen LogP contribution >= 0.6 is 15.9 Å². The summed E-state index contributed by atoms with van der Waals surface area (Å²) in [4.78, 5) is 2.03. The fraction of sp³-hybridized carbons (Fsp3) is 0.167. The molecule has 82 valence electrons. The van der Waals surface area contributed by atoms with Crippen molar-refractivity contribution in [3.63, 3.8) is 0 Å². The van der Waals surface area contributed by atoms with Crippen LogP contribution in [0.2, 0.25) is 0 Å². The first-order chi connectivity index (χ1) is 7.68. The number of nitrogens with zero attached hydrogens (tertiary/aromatic N) is 3. The van der Waals surface area contributed by atoms with E-state index in [0.29, 0.717) is 0 Å². The van der Waals surface area contributed by atoms with Gasteiger partial charge in [0.2, 0.25) is 0 Å². The highest BCUT2D eigenvalue weighted by Gasteiger charge is 2.09. The van der Waals surface area contributed by atoms with Crippen molar-refractivity contribution in [3.05, 3.63) is 41.0 Å². The van der Waals surface area contributed by atoms with Crippen molar-refractivity contribution in [2.24, 2.45) is 0 Å². The van der Waals surface area contributed by atoms with Crippen LogP contribution in [0.4, 0.5) is 5.69 Å². The van der Waals surface area contributed by atoms with E-state index in [1.807, 2.05) is 55.4 Å². The molecule has 4 heteroatoms. The van der Waals surface area contributed by atoms with E-state index >= 15 is 0 Å². The fourth-order valence-corrected chi connectivity index (χ4v) is 1.80. The molecule has 1 heterocycles. The molecule has 0 atom stereocenters. The summed E-state index contributed by atoms with van der Waals surface area (Å²) in [7, 11) is 3.99. The first-order valence-corrected chi connectivity index (χ1v) is 5.74. The van der Waals surface area contributed by atoms with Gasteiger partial charge >= 0.3 is 0 Å². The van der Waals surface area contributed by atoms with Crippen molar-refractivity contribution in [1.29, 1.82) is 0 Å². The predicted molar refractivity (Wildman–Crippen MR) is 69.5 cm³/mol. The Bertz CT molecular complexity index is 483. The lowest BCUT2D eigenvalue weighted by molar-refractivity contribution is 0.989. The van der Waals surface area contributed by atoms with Crippen LogP contribution in [0.1, 0.15) is 0 Å². The van der Waals surface area contributed by atoms with E-state index in [4.69, 9.17) is 0 Å². The third-order valence-corrected chi connectivity index (χ3v) is 2.66. The van der Waals surface area contributed by atoms with E-state index in [9.17, 15) is 0 Å². The van der Waals surface area contributed by atoms with E-state index in [1.165, 1.54) is 0 Å². The molecule has 3 nitrogen and oxygen atoms in total. The van der Waals surface area contributed by atoms with Gasteiger partial charge in [-0.3, -0.25) is 0 Å². The molecule has 0 spiro atoms. The summed E-state index contributed by atoms with van der Waals surface area (Å²) in [6, 6.07) is 12.0. The van der Waals surface area contributed by atoms with Crippen LogP contribution in [0.3, 0.4) is 0 Å². The summed E-state index contributed by atoms with van der Waals surface area (Å²) in [6.45, 7) is 0. The van der Waals surface area contributed by atoms with Crippen molar-refractivity contribution >= 4 is 21.6 Å². The molecule has 2 aromatic rings. The first kappa shape index (κ1) is 11.1. The van der Waals surface area contributed by atoms with E-state index in [0.717, 1.165) is 21.5 Å². The van der Waals surface area contributed by atoms with Gasteiger partial charge in [0.25, 0.3) is 0 Å². The second-order valence-electron chi connectivity index (χ2n) is 3.66. The van der Waals surface area contributed by atoms with Gasteiger partial charge in [0, 0.05) is 19.7 Å². The van der Waals surface area contributed by atoms with Crippen molar-refractivity contribution in [3.8, 4) is 11.3 Å². The van der Waals surface area contributed by atoms with Gasteiger partial charge in [-0.15, -0.1) is 10.2 Å². The summed E-state index contributed by atoms with van der Waals surface area (Å²) in [5.41, 5.74) is 3.02. The van der Waals surface area contributed by atoms with E-state index in [2.05, 4.69) is 26.1 Å². The van der Waals surface area contributed by atoms with E-state index in [-0.39, 0.29) is 0 Å². The maximum absolute atomic E-state index is 4.23. The van der Waals surface area contributed by atoms with Gasteiger partial charge in [-0.2, -0.15) is 0 Å². The molecule has 0 unspecified atom stereocenters. The Morgan fingerprint density at radius 2 is 1.75 bits per heavy atom. The molecule has 0 aliphatic rings. The number of rotatable bonds is 2. The van der Waals surface area contributed by atoms with E-state index in [1.54, 1.807) is 0 Å². The number of hydrogen-bond acceptors (Lipinski definition) is 3. The summed E-state index contributed by atoms with van der Waals surface area (Å²) in [5.74, 6) is 0. The van der Waals surface area contributed by atoms with Crippen LogP contribution in [0.15, 0.2) is 41.0 Å². The standard InChI is InChI=1S/C12H12BrN3/c1-16(2)10-8-11(13)14-15-12(10)9-6-4-3-5-7-9/h3-8H,1-2H3. The lowest BCUT2D eigenvalue weighted by Gasteiger charge is -2.16. The van der Waals surface area contributed by atoms with Gasteiger partial charge in [0.15, 0.2) is 0 Å². The highest BCUT2D eigenvalue weighted by Crippen LogP contribution is 2.28. The average Bonchev–Trinajstić information content (AvgIpc) is 2.30. The van der Waals surface area contributed by atoms with Crippen LogP contribution in [-0.4, -0.2) is 24.3 Å². The predicted octanol–water partition coefficient (Wildman–Crippen LogP) is 2.97. The third kappa shape index (κ3) is 2.22. The zero-order valence-corrected chi connectivity index (χ0v) is 10.8. The Hall–Kier alpha value is -1.42. The van der Waals surface area contributed by atoms with E-state index < -0.39 is 0 Å². The largest absolute Gasteiger partial charge is 0.376 e. The fourth-order valence-electron chi connectivity index (χ4n) is 1.50. The molecule has 0 aliphatic carbocycles. The molecule has 1 aromatic heterocycles. The minimum atomic E-state index is 0.746. The Balaban J connectivity index is 2.57. The van der Waals surface area contributed by atoms with Crippen molar-refractivity contribution < 1.29 is 0 Å². The van der Waals surface area contributed by atoms with Crippen LogP contribution in [0.25, 0.3) is 11.3 Å². The normalized spacial score (nSPS) is 10.2. The molecule has 0 fully saturated rings. The molecular formula is C12H12BrN3. The maximum Gasteiger partial charge on any atom is 0.130 e. The molecular weight excluding hydrogens is 266 g/mol. The smallest absolute Gasteiger partial charge is 0.130 e. The van der Waals surface area contributed by atoms with Crippen LogP contribution < -0.4 is 4.90 Å². The molecule has 0 saturated heterocycles. The van der Waals surface area contributed by atoms with Crippen molar-refractivity contribution in [2.45, 2.75) is 0 Å². The third-order valence-electron chi connectivity index (χ3n) is 2.27. The minimum absolute atomic E-state index is 0.746. The SMILES string of the molecule is CN(C)c1cc(Br)nnc1-c1ccccc1. The Kier molecular flexibility index (Phi) is 3.19. The molecule has 0 aliphatic heterocycles. The molecule has 0 radical (unpaired) electrons.